The number of aromatic nitrogens is 1. The van der Waals surface area contributed by atoms with Gasteiger partial charge in [0.15, 0.2) is 5.69 Å². The Morgan fingerprint density at radius 2 is 1.86 bits per heavy atom. The first-order valence-electron chi connectivity index (χ1n) is 3.43. The van der Waals surface area contributed by atoms with Crippen LogP contribution in [-0.4, -0.2) is 4.98 Å². The molecule has 7 heteroatoms. The van der Waals surface area contributed by atoms with Crippen molar-refractivity contribution >= 4 is 5.69 Å². The van der Waals surface area contributed by atoms with Crippen LogP contribution in [0.5, 0.6) is 0 Å². The number of halogens is 5. The number of hydrogen-bond donors (Lipinski definition) is 1. The fourth-order valence-electron chi connectivity index (χ4n) is 0.943. The van der Waals surface area contributed by atoms with E-state index >= 15 is 0 Å². The second-order valence-corrected chi connectivity index (χ2v) is 2.46. The lowest BCUT2D eigenvalue weighted by atomic mass is 10.1. The second-order valence-electron chi connectivity index (χ2n) is 2.46. The van der Waals surface area contributed by atoms with E-state index in [1.54, 1.807) is 0 Å². The predicted molar refractivity (Wildman–Crippen MR) is 38.6 cm³/mol. The first kappa shape index (κ1) is 10.7. The van der Waals surface area contributed by atoms with Gasteiger partial charge in [-0.3, -0.25) is 4.98 Å². The highest BCUT2D eigenvalue weighted by atomic mass is 19.4. The fraction of sp³-hybridized carbons (Fsp3) is 0.286. The van der Waals surface area contributed by atoms with Gasteiger partial charge in [0, 0.05) is 11.9 Å². The summed E-state index contributed by atoms with van der Waals surface area (Å²) in [4.78, 5) is 2.85. The zero-order valence-electron chi connectivity index (χ0n) is 6.65. The Hall–Kier alpha value is -1.40. The zero-order chi connectivity index (χ0) is 10.9. The molecule has 0 aliphatic carbocycles. The molecular formula is C7H5F5N2. The summed E-state index contributed by atoms with van der Waals surface area (Å²) in [6, 6.07) is 0.900. The van der Waals surface area contributed by atoms with Gasteiger partial charge in [-0.15, -0.1) is 0 Å². The Kier molecular flexibility index (Phi) is 2.59. The average molecular weight is 212 g/mol. The fourth-order valence-corrected chi connectivity index (χ4v) is 0.943. The number of alkyl halides is 5. The molecule has 0 saturated carbocycles. The van der Waals surface area contributed by atoms with Gasteiger partial charge in [0.1, 0.15) is 0 Å². The van der Waals surface area contributed by atoms with E-state index in [-0.39, 0.29) is 0 Å². The molecule has 0 aliphatic heterocycles. The van der Waals surface area contributed by atoms with E-state index in [0.29, 0.717) is 0 Å². The standard InChI is InChI=1S/C7H5F5N2/c8-6(9)4-3(13)1-2-14-5(4)7(10,11)12/h1-2,6H,(H2,13,14). The number of nitrogens with two attached hydrogens (primary N) is 1. The quantitative estimate of drug-likeness (QED) is 0.726. The molecule has 1 heterocycles. The van der Waals surface area contributed by atoms with Gasteiger partial charge >= 0.3 is 6.18 Å². The number of rotatable bonds is 1. The molecule has 1 aromatic heterocycles. The number of nitrogen functional groups attached to an aromatic ring is 1. The van der Waals surface area contributed by atoms with Crippen LogP contribution >= 0.6 is 0 Å². The zero-order valence-corrected chi connectivity index (χ0v) is 6.65. The SMILES string of the molecule is Nc1ccnc(C(F)(F)F)c1C(F)F. The van der Waals surface area contributed by atoms with Crippen LogP contribution in [0, 0.1) is 0 Å². The molecule has 0 aliphatic rings. The van der Waals surface area contributed by atoms with Crippen LogP contribution in [0.15, 0.2) is 12.3 Å². The summed E-state index contributed by atoms with van der Waals surface area (Å²) >= 11 is 0. The van der Waals surface area contributed by atoms with Crippen molar-refractivity contribution < 1.29 is 22.0 Å². The van der Waals surface area contributed by atoms with E-state index in [2.05, 4.69) is 4.98 Å². The molecule has 1 rings (SSSR count). The molecule has 0 bridgehead atoms. The molecule has 0 saturated heterocycles. The molecule has 0 spiro atoms. The number of anilines is 1. The van der Waals surface area contributed by atoms with Crippen molar-refractivity contribution in [1.82, 2.24) is 4.98 Å². The maximum Gasteiger partial charge on any atom is 0.433 e. The molecule has 0 atom stereocenters. The summed E-state index contributed by atoms with van der Waals surface area (Å²) < 4.78 is 60.8. The third kappa shape index (κ3) is 1.91. The predicted octanol–water partition coefficient (Wildman–Crippen LogP) is 2.62. The summed E-state index contributed by atoms with van der Waals surface area (Å²) in [7, 11) is 0. The molecule has 0 aromatic carbocycles. The van der Waals surface area contributed by atoms with E-state index in [0.717, 1.165) is 12.3 Å². The molecule has 78 valence electrons. The molecule has 0 fully saturated rings. The van der Waals surface area contributed by atoms with Crippen molar-refractivity contribution in [3.63, 3.8) is 0 Å². The number of hydrogen-bond acceptors (Lipinski definition) is 2. The smallest absolute Gasteiger partial charge is 0.398 e. The van der Waals surface area contributed by atoms with Crippen LogP contribution in [0.25, 0.3) is 0 Å². The Morgan fingerprint density at radius 3 is 2.21 bits per heavy atom. The third-order valence-electron chi connectivity index (χ3n) is 1.51. The Balaban J connectivity index is 3.36. The minimum Gasteiger partial charge on any atom is -0.398 e. The van der Waals surface area contributed by atoms with Gasteiger partial charge in [-0.1, -0.05) is 0 Å². The van der Waals surface area contributed by atoms with Crippen molar-refractivity contribution in [2.24, 2.45) is 0 Å². The van der Waals surface area contributed by atoms with Crippen LogP contribution in [-0.2, 0) is 6.18 Å². The minimum absolute atomic E-state index is 0.609. The lowest BCUT2D eigenvalue weighted by molar-refractivity contribution is -0.143. The molecule has 2 N–H and O–H groups in total. The summed E-state index contributed by atoms with van der Waals surface area (Å²) in [6.07, 6.45) is -7.47. The van der Waals surface area contributed by atoms with Crippen molar-refractivity contribution in [3.05, 3.63) is 23.5 Å². The summed E-state index contributed by atoms with van der Waals surface area (Å²) in [6.45, 7) is 0. The first-order valence-corrected chi connectivity index (χ1v) is 3.43. The lowest BCUT2D eigenvalue weighted by Gasteiger charge is -2.12. The van der Waals surface area contributed by atoms with Gasteiger partial charge in [-0.2, -0.15) is 13.2 Å². The van der Waals surface area contributed by atoms with Gasteiger partial charge in [-0.25, -0.2) is 8.78 Å². The van der Waals surface area contributed by atoms with E-state index in [4.69, 9.17) is 5.73 Å². The van der Waals surface area contributed by atoms with Crippen molar-refractivity contribution in [1.29, 1.82) is 0 Å². The van der Waals surface area contributed by atoms with E-state index in [1.165, 1.54) is 0 Å². The third-order valence-corrected chi connectivity index (χ3v) is 1.51. The molecule has 1 aromatic rings. The second kappa shape index (κ2) is 3.39. The molecule has 0 amide bonds. The van der Waals surface area contributed by atoms with Gasteiger partial charge in [-0.05, 0) is 6.07 Å². The topological polar surface area (TPSA) is 38.9 Å². The molecular weight excluding hydrogens is 207 g/mol. The normalized spacial score (nSPS) is 12.1. The molecule has 2 nitrogen and oxygen atoms in total. The highest BCUT2D eigenvalue weighted by Gasteiger charge is 2.38. The van der Waals surface area contributed by atoms with Crippen LogP contribution in [0.1, 0.15) is 17.7 Å². The summed E-state index contributed by atoms with van der Waals surface area (Å²) in [5.41, 5.74) is 1.49. The van der Waals surface area contributed by atoms with Crippen LogP contribution in [0.3, 0.4) is 0 Å². The summed E-state index contributed by atoms with van der Waals surface area (Å²) in [5.74, 6) is 0. The summed E-state index contributed by atoms with van der Waals surface area (Å²) in [5, 5.41) is 0. The average Bonchev–Trinajstić information content (AvgIpc) is 2.01. The van der Waals surface area contributed by atoms with Crippen LogP contribution in [0.4, 0.5) is 27.6 Å². The Labute approximate surface area is 75.5 Å². The number of nitrogens with zero attached hydrogens (tertiary/aromatic N) is 1. The van der Waals surface area contributed by atoms with Gasteiger partial charge in [0.25, 0.3) is 6.43 Å². The van der Waals surface area contributed by atoms with Crippen LogP contribution in [0.2, 0.25) is 0 Å². The molecule has 14 heavy (non-hydrogen) atoms. The first-order chi connectivity index (χ1) is 6.34. The maximum atomic E-state index is 12.2. The Bertz CT molecular complexity index is 333. The monoisotopic (exact) mass is 212 g/mol. The van der Waals surface area contributed by atoms with Gasteiger partial charge in [0.05, 0.1) is 5.56 Å². The highest BCUT2D eigenvalue weighted by Crippen LogP contribution is 2.37. The van der Waals surface area contributed by atoms with E-state index < -0.39 is 29.5 Å². The van der Waals surface area contributed by atoms with Crippen molar-refractivity contribution in [2.75, 3.05) is 5.73 Å². The van der Waals surface area contributed by atoms with Crippen molar-refractivity contribution in [2.45, 2.75) is 12.6 Å². The lowest BCUT2D eigenvalue weighted by Crippen LogP contribution is -2.14. The highest BCUT2D eigenvalue weighted by molar-refractivity contribution is 5.49. The van der Waals surface area contributed by atoms with Gasteiger partial charge < -0.3 is 5.73 Å². The largest absolute Gasteiger partial charge is 0.433 e. The number of pyridine rings is 1. The molecule has 0 unspecified atom stereocenters. The maximum absolute atomic E-state index is 12.2. The van der Waals surface area contributed by atoms with Gasteiger partial charge in [0.2, 0.25) is 0 Å². The van der Waals surface area contributed by atoms with Crippen molar-refractivity contribution in [3.8, 4) is 0 Å². The Morgan fingerprint density at radius 1 is 1.29 bits per heavy atom. The minimum atomic E-state index is -4.92. The van der Waals surface area contributed by atoms with E-state index in [9.17, 15) is 22.0 Å². The van der Waals surface area contributed by atoms with Crippen LogP contribution < -0.4 is 5.73 Å². The van der Waals surface area contributed by atoms with E-state index in [1.807, 2.05) is 0 Å². The molecule has 0 radical (unpaired) electrons.